The predicted molar refractivity (Wildman–Crippen MR) is 110 cm³/mol. The van der Waals surface area contributed by atoms with Crippen molar-refractivity contribution in [1.82, 2.24) is 0 Å². The maximum Gasteiger partial charge on any atom is 0.185 e. The zero-order valence-corrected chi connectivity index (χ0v) is 15.6. The smallest absolute Gasteiger partial charge is 0.185 e. The molecule has 0 fully saturated rings. The standard InChI is InChI=1S/C25H24O/c1-25(2,3)23-16-9-19(10-17-23)11-18-24(26)22-14-12-21(13-15-22)20-7-5-4-6-8-20/h4-18H,1-3H3. The van der Waals surface area contributed by atoms with Crippen LogP contribution >= 0.6 is 0 Å². The summed E-state index contributed by atoms with van der Waals surface area (Å²) in [5, 5.41) is 0. The Balaban J connectivity index is 1.70. The minimum atomic E-state index is 0.0181. The van der Waals surface area contributed by atoms with Crippen LogP contribution in [0.25, 0.3) is 17.2 Å². The molecule has 0 bridgehead atoms. The number of benzene rings is 3. The van der Waals surface area contributed by atoms with Crippen LogP contribution in [0.5, 0.6) is 0 Å². The summed E-state index contributed by atoms with van der Waals surface area (Å²) in [6.07, 6.45) is 3.52. The maximum absolute atomic E-state index is 12.4. The molecule has 0 radical (unpaired) electrons. The van der Waals surface area contributed by atoms with E-state index in [4.69, 9.17) is 0 Å². The molecule has 0 unspecified atom stereocenters. The molecule has 0 aliphatic rings. The molecule has 0 amide bonds. The van der Waals surface area contributed by atoms with Gasteiger partial charge in [0.1, 0.15) is 0 Å². The molecule has 26 heavy (non-hydrogen) atoms. The minimum Gasteiger partial charge on any atom is -0.289 e. The Morgan fingerprint density at radius 1 is 0.731 bits per heavy atom. The van der Waals surface area contributed by atoms with Crippen LogP contribution < -0.4 is 0 Å². The summed E-state index contributed by atoms with van der Waals surface area (Å²) in [7, 11) is 0. The van der Waals surface area contributed by atoms with Crippen molar-refractivity contribution in [2.75, 3.05) is 0 Å². The third kappa shape index (κ3) is 4.37. The van der Waals surface area contributed by atoms with Gasteiger partial charge in [0.2, 0.25) is 0 Å². The van der Waals surface area contributed by atoms with E-state index in [0.29, 0.717) is 5.56 Å². The third-order valence-corrected chi connectivity index (χ3v) is 4.48. The Bertz CT molecular complexity index is 893. The van der Waals surface area contributed by atoms with Crippen molar-refractivity contribution in [3.63, 3.8) is 0 Å². The van der Waals surface area contributed by atoms with Crippen molar-refractivity contribution < 1.29 is 4.79 Å². The average molecular weight is 340 g/mol. The summed E-state index contributed by atoms with van der Waals surface area (Å²) < 4.78 is 0. The molecule has 1 heteroatoms. The number of hydrogen-bond donors (Lipinski definition) is 0. The molecule has 0 heterocycles. The SMILES string of the molecule is CC(C)(C)c1ccc(C=CC(=O)c2ccc(-c3ccccc3)cc2)cc1. The topological polar surface area (TPSA) is 17.1 Å². The van der Waals surface area contributed by atoms with Gasteiger partial charge in [-0.05, 0) is 33.7 Å². The van der Waals surface area contributed by atoms with Crippen molar-refractivity contribution in [2.45, 2.75) is 26.2 Å². The summed E-state index contributed by atoms with van der Waals surface area (Å²) in [6.45, 7) is 6.58. The highest BCUT2D eigenvalue weighted by Gasteiger charge is 2.12. The van der Waals surface area contributed by atoms with E-state index in [0.717, 1.165) is 16.7 Å². The Kier molecular flexibility index (Phi) is 5.18. The highest BCUT2D eigenvalue weighted by molar-refractivity contribution is 6.07. The van der Waals surface area contributed by atoms with Crippen molar-refractivity contribution in [2.24, 2.45) is 0 Å². The Hall–Kier alpha value is -2.93. The van der Waals surface area contributed by atoms with Gasteiger partial charge in [-0.25, -0.2) is 0 Å². The molecule has 0 saturated heterocycles. The van der Waals surface area contributed by atoms with Gasteiger partial charge < -0.3 is 0 Å². The normalized spacial score (nSPS) is 11.7. The van der Waals surface area contributed by atoms with Crippen molar-refractivity contribution in [1.29, 1.82) is 0 Å². The molecule has 1 nitrogen and oxygen atoms in total. The van der Waals surface area contributed by atoms with Crippen LogP contribution in [0, 0.1) is 0 Å². The third-order valence-electron chi connectivity index (χ3n) is 4.48. The fourth-order valence-electron chi connectivity index (χ4n) is 2.82. The lowest BCUT2D eigenvalue weighted by Crippen LogP contribution is -2.10. The van der Waals surface area contributed by atoms with Crippen LogP contribution in [-0.2, 0) is 5.41 Å². The van der Waals surface area contributed by atoms with Crippen LogP contribution in [0.3, 0.4) is 0 Å². The lowest BCUT2D eigenvalue weighted by molar-refractivity contribution is 0.104. The molecular weight excluding hydrogens is 316 g/mol. The first-order valence-corrected chi connectivity index (χ1v) is 8.92. The first kappa shape index (κ1) is 17.9. The zero-order chi connectivity index (χ0) is 18.6. The fourth-order valence-corrected chi connectivity index (χ4v) is 2.82. The van der Waals surface area contributed by atoms with Crippen molar-refractivity contribution in [3.05, 3.63) is 102 Å². The molecule has 3 rings (SSSR count). The number of ketones is 1. The molecule has 130 valence electrons. The lowest BCUT2D eigenvalue weighted by Gasteiger charge is -2.18. The highest BCUT2D eigenvalue weighted by atomic mass is 16.1. The molecule has 0 aliphatic heterocycles. The Morgan fingerprint density at radius 3 is 1.88 bits per heavy atom. The van der Waals surface area contributed by atoms with Gasteiger partial charge in [-0.1, -0.05) is 106 Å². The van der Waals surface area contributed by atoms with Crippen LogP contribution in [0.4, 0.5) is 0 Å². The van der Waals surface area contributed by atoms with Gasteiger partial charge in [0.05, 0.1) is 0 Å². The predicted octanol–water partition coefficient (Wildman–Crippen LogP) is 6.55. The van der Waals surface area contributed by atoms with Crippen molar-refractivity contribution >= 4 is 11.9 Å². The molecule has 0 aromatic heterocycles. The first-order valence-electron chi connectivity index (χ1n) is 8.92. The van der Waals surface area contributed by atoms with Gasteiger partial charge in [-0.15, -0.1) is 0 Å². The monoisotopic (exact) mass is 340 g/mol. The van der Waals surface area contributed by atoms with Gasteiger partial charge in [0.25, 0.3) is 0 Å². The summed E-state index contributed by atoms with van der Waals surface area (Å²) in [5.74, 6) is 0.0181. The molecule has 0 N–H and O–H groups in total. The van der Waals surface area contributed by atoms with Gasteiger partial charge in [0, 0.05) is 5.56 Å². The molecule has 0 spiro atoms. The Morgan fingerprint density at radius 2 is 1.31 bits per heavy atom. The van der Waals surface area contributed by atoms with Crippen LogP contribution in [0.15, 0.2) is 84.9 Å². The quantitative estimate of drug-likeness (QED) is 0.389. The number of allylic oxidation sites excluding steroid dienone is 1. The second-order valence-corrected chi connectivity index (χ2v) is 7.51. The minimum absolute atomic E-state index is 0.0181. The average Bonchev–Trinajstić information content (AvgIpc) is 2.66. The second kappa shape index (κ2) is 7.53. The Labute approximate surface area is 156 Å². The van der Waals surface area contributed by atoms with E-state index in [1.807, 2.05) is 48.5 Å². The molecule has 0 saturated carbocycles. The van der Waals surface area contributed by atoms with Gasteiger partial charge >= 0.3 is 0 Å². The fraction of sp³-hybridized carbons (Fsp3) is 0.160. The van der Waals surface area contributed by atoms with E-state index in [1.165, 1.54) is 5.56 Å². The molecule has 0 atom stereocenters. The highest BCUT2D eigenvalue weighted by Crippen LogP contribution is 2.23. The van der Waals surface area contributed by atoms with Gasteiger partial charge in [0.15, 0.2) is 5.78 Å². The number of carbonyl (C=O) groups is 1. The van der Waals surface area contributed by atoms with Crippen LogP contribution in [0.1, 0.15) is 42.3 Å². The van der Waals surface area contributed by atoms with Gasteiger partial charge in [-0.2, -0.15) is 0 Å². The van der Waals surface area contributed by atoms with E-state index >= 15 is 0 Å². The number of carbonyl (C=O) groups excluding carboxylic acids is 1. The van der Waals surface area contributed by atoms with E-state index in [9.17, 15) is 4.79 Å². The van der Waals surface area contributed by atoms with Crippen molar-refractivity contribution in [3.8, 4) is 11.1 Å². The molecule has 3 aromatic rings. The van der Waals surface area contributed by atoms with Crippen LogP contribution in [0.2, 0.25) is 0 Å². The first-order chi connectivity index (χ1) is 12.4. The summed E-state index contributed by atoms with van der Waals surface area (Å²) in [6, 6.07) is 26.3. The molecular formula is C25H24O. The maximum atomic E-state index is 12.4. The largest absolute Gasteiger partial charge is 0.289 e. The number of rotatable bonds is 4. The zero-order valence-electron chi connectivity index (χ0n) is 15.6. The number of hydrogen-bond acceptors (Lipinski definition) is 1. The summed E-state index contributed by atoms with van der Waals surface area (Å²) in [5.41, 5.74) is 5.43. The van der Waals surface area contributed by atoms with Crippen LogP contribution in [-0.4, -0.2) is 5.78 Å². The summed E-state index contributed by atoms with van der Waals surface area (Å²) >= 11 is 0. The van der Waals surface area contributed by atoms with E-state index in [-0.39, 0.29) is 11.2 Å². The molecule has 3 aromatic carbocycles. The second-order valence-electron chi connectivity index (χ2n) is 7.51. The lowest BCUT2D eigenvalue weighted by atomic mass is 9.87. The van der Waals surface area contributed by atoms with Gasteiger partial charge in [-0.3, -0.25) is 4.79 Å². The summed E-state index contributed by atoms with van der Waals surface area (Å²) in [4.78, 5) is 12.4. The van der Waals surface area contributed by atoms with E-state index in [1.54, 1.807) is 6.08 Å². The molecule has 0 aliphatic carbocycles. The van der Waals surface area contributed by atoms with E-state index < -0.39 is 0 Å². The van der Waals surface area contributed by atoms with E-state index in [2.05, 4.69) is 57.2 Å².